The molecule has 2 aromatic rings. The molecular formula is C26H30N2O6. The van der Waals surface area contributed by atoms with E-state index in [9.17, 15) is 19.5 Å². The highest BCUT2D eigenvalue weighted by Crippen LogP contribution is 2.44. The number of benzene rings is 2. The summed E-state index contributed by atoms with van der Waals surface area (Å²) >= 11 is 0. The summed E-state index contributed by atoms with van der Waals surface area (Å²) in [6.45, 7) is 3.79. The largest absolute Gasteiger partial charge is 0.480 e. The lowest BCUT2D eigenvalue weighted by atomic mass is 9.98. The number of nitrogens with one attached hydrogen (secondary N) is 2. The highest BCUT2D eigenvalue weighted by molar-refractivity contribution is 5.84. The third-order valence-electron chi connectivity index (χ3n) is 5.86. The zero-order chi connectivity index (χ0) is 24.5. The van der Waals surface area contributed by atoms with E-state index in [4.69, 9.17) is 9.47 Å². The van der Waals surface area contributed by atoms with Crippen molar-refractivity contribution in [2.75, 3.05) is 20.3 Å². The summed E-state index contributed by atoms with van der Waals surface area (Å²) in [6.07, 6.45) is 0.971. The predicted octanol–water partition coefficient (Wildman–Crippen LogP) is 3.47. The van der Waals surface area contributed by atoms with Gasteiger partial charge in [-0.2, -0.15) is 0 Å². The SMILES string of the molecule is C=CCCC(NC(=O)CC(CNC(=O)OCC1c2ccccc2-c2ccccc21)OC)C(=O)O. The molecule has 34 heavy (non-hydrogen) atoms. The molecule has 2 unspecified atom stereocenters. The van der Waals surface area contributed by atoms with E-state index in [2.05, 4.69) is 29.3 Å². The van der Waals surface area contributed by atoms with Gasteiger partial charge in [0.05, 0.1) is 12.5 Å². The number of amides is 2. The molecule has 180 valence electrons. The number of ether oxygens (including phenoxy) is 2. The van der Waals surface area contributed by atoms with Crippen LogP contribution in [-0.4, -0.2) is 55.5 Å². The molecule has 1 aliphatic rings. The lowest BCUT2D eigenvalue weighted by Gasteiger charge is -2.19. The summed E-state index contributed by atoms with van der Waals surface area (Å²) < 4.78 is 10.8. The normalized spacial score (nSPS) is 13.8. The van der Waals surface area contributed by atoms with Gasteiger partial charge in [0.25, 0.3) is 0 Å². The van der Waals surface area contributed by atoms with Gasteiger partial charge in [0.2, 0.25) is 5.91 Å². The standard InChI is InChI=1S/C26H30N2O6/c1-3-4-13-23(25(30)31)28-24(29)14-17(33-2)15-27-26(32)34-16-22-20-11-7-5-9-18(20)19-10-6-8-12-21(19)22/h3,5-12,17,22-23H,1,4,13-16H2,2H3,(H,27,32)(H,28,29)(H,30,31). The Morgan fingerprint density at radius 1 is 1.09 bits per heavy atom. The summed E-state index contributed by atoms with van der Waals surface area (Å²) in [4.78, 5) is 35.9. The Morgan fingerprint density at radius 2 is 1.71 bits per heavy atom. The van der Waals surface area contributed by atoms with E-state index in [1.165, 1.54) is 7.11 Å². The Hall–Kier alpha value is -3.65. The highest BCUT2D eigenvalue weighted by atomic mass is 16.5. The van der Waals surface area contributed by atoms with E-state index in [1.807, 2.05) is 36.4 Å². The Labute approximate surface area is 199 Å². The zero-order valence-corrected chi connectivity index (χ0v) is 19.2. The lowest BCUT2D eigenvalue weighted by Crippen LogP contribution is -2.43. The number of aliphatic carboxylic acids is 1. The van der Waals surface area contributed by atoms with Gasteiger partial charge >= 0.3 is 12.1 Å². The van der Waals surface area contributed by atoms with Crippen LogP contribution < -0.4 is 10.6 Å². The Bertz CT molecular complexity index is 992. The minimum absolute atomic E-state index is 0.0466. The van der Waals surface area contributed by atoms with Crippen molar-refractivity contribution in [1.29, 1.82) is 0 Å². The van der Waals surface area contributed by atoms with Crippen LogP contribution in [0.4, 0.5) is 4.79 Å². The first-order valence-corrected chi connectivity index (χ1v) is 11.2. The van der Waals surface area contributed by atoms with Gasteiger partial charge < -0.3 is 25.2 Å². The van der Waals surface area contributed by atoms with Crippen LogP contribution in [0.15, 0.2) is 61.2 Å². The second kappa shape index (κ2) is 12.0. The van der Waals surface area contributed by atoms with E-state index in [1.54, 1.807) is 6.08 Å². The van der Waals surface area contributed by atoms with Gasteiger partial charge in [0.1, 0.15) is 12.6 Å². The van der Waals surface area contributed by atoms with Crippen LogP contribution in [0.5, 0.6) is 0 Å². The van der Waals surface area contributed by atoms with Crippen molar-refractivity contribution in [2.45, 2.75) is 37.3 Å². The maximum Gasteiger partial charge on any atom is 0.407 e. The summed E-state index contributed by atoms with van der Waals surface area (Å²) in [5.74, 6) is -1.63. The summed E-state index contributed by atoms with van der Waals surface area (Å²) in [5.41, 5.74) is 4.52. The van der Waals surface area contributed by atoms with Gasteiger partial charge in [-0.25, -0.2) is 9.59 Å². The van der Waals surface area contributed by atoms with Gasteiger partial charge in [-0.1, -0.05) is 54.6 Å². The first kappa shape index (κ1) is 25.0. The number of methoxy groups -OCH3 is 1. The number of carboxylic acids is 1. The molecule has 0 heterocycles. The number of carboxylic acid groups (broad SMARTS) is 1. The molecule has 0 aromatic heterocycles. The van der Waals surface area contributed by atoms with Crippen molar-refractivity contribution in [3.63, 3.8) is 0 Å². The number of hydrogen-bond acceptors (Lipinski definition) is 5. The van der Waals surface area contributed by atoms with E-state index < -0.39 is 30.1 Å². The minimum Gasteiger partial charge on any atom is -0.480 e. The molecule has 3 rings (SSSR count). The van der Waals surface area contributed by atoms with Gasteiger partial charge in [0, 0.05) is 19.6 Å². The maximum absolute atomic E-state index is 12.3. The molecule has 8 nitrogen and oxygen atoms in total. The zero-order valence-electron chi connectivity index (χ0n) is 19.2. The molecule has 0 aliphatic heterocycles. The lowest BCUT2D eigenvalue weighted by molar-refractivity contribution is -0.142. The Morgan fingerprint density at radius 3 is 2.26 bits per heavy atom. The number of carbonyl (C=O) groups excluding carboxylic acids is 2. The third kappa shape index (κ3) is 6.23. The summed E-state index contributed by atoms with van der Waals surface area (Å²) in [7, 11) is 1.42. The molecule has 3 N–H and O–H groups in total. The molecule has 0 bridgehead atoms. The number of alkyl carbamates (subject to hydrolysis) is 1. The monoisotopic (exact) mass is 466 g/mol. The number of carbonyl (C=O) groups is 3. The molecule has 1 aliphatic carbocycles. The Kier molecular flexibility index (Phi) is 8.81. The molecule has 0 fully saturated rings. The molecule has 2 amide bonds. The van der Waals surface area contributed by atoms with Crippen molar-refractivity contribution >= 4 is 18.0 Å². The van der Waals surface area contributed by atoms with E-state index in [0.717, 1.165) is 22.3 Å². The van der Waals surface area contributed by atoms with Gasteiger partial charge in [-0.3, -0.25) is 4.79 Å². The van der Waals surface area contributed by atoms with Gasteiger partial charge in [-0.05, 0) is 35.1 Å². The molecule has 0 saturated heterocycles. The van der Waals surface area contributed by atoms with Gasteiger partial charge in [-0.15, -0.1) is 6.58 Å². The number of fused-ring (bicyclic) bond motifs is 3. The fourth-order valence-corrected chi connectivity index (χ4v) is 4.09. The van der Waals surface area contributed by atoms with Crippen molar-refractivity contribution in [3.05, 3.63) is 72.3 Å². The minimum atomic E-state index is -1.11. The number of rotatable bonds is 12. The van der Waals surface area contributed by atoms with Crippen molar-refractivity contribution in [3.8, 4) is 11.1 Å². The van der Waals surface area contributed by atoms with Crippen LogP contribution in [0.3, 0.4) is 0 Å². The molecule has 0 radical (unpaired) electrons. The molecular weight excluding hydrogens is 436 g/mol. The predicted molar refractivity (Wildman–Crippen MR) is 127 cm³/mol. The fraction of sp³-hybridized carbons (Fsp3) is 0.346. The van der Waals surface area contributed by atoms with Crippen LogP contribution in [-0.2, 0) is 19.1 Å². The molecule has 0 saturated carbocycles. The smallest absolute Gasteiger partial charge is 0.407 e. The van der Waals surface area contributed by atoms with E-state index >= 15 is 0 Å². The molecule has 8 heteroatoms. The average Bonchev–Trinajstić information content (AvgIpc) is 3.16. The van der Waals surface area contributed by atoms with E-state index in [-0.39, 0.29) is 31.9 Å². The first-order valence-electron chi connectivity index (χ1n) is 11.2. The fourth-order valence-electron chi connectivity index (χ4n) is 4.09. The Balaban J connectivity index is 1.49. The van der Waals surface area contributed by atoms with Crippen molar-refractivity contribution in [1.82, 2.24) is 10.6 Å². The average molecular weight is 467 g/mol. The maximum atomic E-state index is 12.3. The second-order valence-corrected chi connectivity index (χ2v) is 8.09. The molecule has 2 aromatic carbocycles. The number of allylic oxidation sites excluding steroid dienone is 1. The van der Waals surface area contributed by atoms with Crippen LogP contribution in [0, 0.1) is 0 Å². The van der Waals surface area contributed by atoms with Crippen LogP contribution >= 0.6 is 0 Å². The number of hydrogen-bond donors (Lipinski definition) is 3. The van der Waals surface area contributed by atoms with Crippen LogP contribution in [0.25, 0.3) is 11.1 Å². The summed E-state index contributed by atoms with van der Waals surface area (Å²) in [5, 5.41) is 14.3. The topological polar surface area (TPSA) is 114 Å². The molecule has 2 atom stereocenters. The first-order chi connectivity index (χ1) is 16.4. The summed E-state index contributed by atoms with van der Waals surface area (Å²) in [6, 6.07) is 15.1. The quantitative estimate of drug-likeness (QED) is 0.413. The highest BCUT2D eigenvalue weighted by Gasteiger charge is 2.29. The molecule has 0 spiro atoms. The third-order valence-corrected chi connectivity index (χ3v) is 5.86. The second-order valence-electron chi connectivity index (χ2n) is 8.09. The van der Waals surface area contributed by atoms with Crippen LogP contribution in [0.2, 0.25) is 0 Å². The van der Waals surface area contributed by atoms with E-state index in [0.29, 0.717) is 6.42 Å². The van der Waals surface area contributed by atoms with Crippen LogP contribution in [0.1, 0.15) is 36.3 Å². The van der Waals surface area contributed by atoms with Gasteiger partial charge in [0.15, 0.2) is 0 Å². The van der Waals surface area contributed by atoms with Crippen molar-refractivity contribution in [2.24, 2.45) is 0 Å². The van der Waals surface area contributed by atoms with Crippen molar-refractivity contribution < 1.29 is 29.0 Å².